The smallest absolute Gasteiger partial charge is 0.136 e. The number of nitrogens with zero attached hydrogens (tertiary/aromatic N) is 1. The summed E-state index contributed by atoms with van der Waals surface area (Å²) in [5, 5.41) is 4.11. The molecule has 0 aliphatic rings. The SMILES string of the molecule is CCCNCc1cncc(-c2cc3cc(F)ccc3o2)c1. The number of aromatic nitrogens is 1. The van der Waals surface area contributed by atoms with Crippen molar-refractivity contribution in [2.24, 2.45) is 0 Å². The third kappa shape index (κ3) is 3.11. The van der Waals surface area contributed by atoms with Crippen molar-refractivity contribution in [3.8, 4) is 11.3 Å². The Morgan fingerprint density at radius 1 is 1.19 bits per heavy atom. The molecule has 0 saturated carbocycles. The van der Waals surface area contributed by atoms with E-state index < -0.39 is 0 Å². The first-order valence-corrected chi connectivity index (χ1v) is 7.10. The predicted octanol–water partition coefficient (Wildman–Crippen LogP) is 4.13. The van der Waals surface area contributed by atoms with Gasteiger partial charge in [0.1, 0.15) is 17.2 Å². The van der Waals surface area contributed by atoms with Crippen LogP contribution in [0.5, 0.6) is 0 Å². The van der Waals surface area contributed by atoms with Crippen molar-refractivity contribution in [2.75, 3.05) is 6.54 Å². The van der Waals surface area contributed by atoms with Crippen LogP contribution >= 0.6 is 0 Å². The Morgan fingerprint density at radius 3 is 2.95 bits per heavy atom. The number of nitrogens with one attached hydrogen (secondary N) is 1. The molecule has 2 heterocycles. The first kappa shape index (κ1) is 13.8. The lowest BCUT2D eigenvalue weighted by atomic mass is 10.1. The maximum absolute atomic E-state index is 13.2. The molecule has 1 aromatic carbocycles. The number of furan rings is 1. The van der Waals surface area contributed by atoms with Crippen molar-refractivity contribution >= 4 is 11.0 Å². The van der Waals surface area contributed by atoms with E-state index in [0.717, 1.165) is 36.0 Å². The second-order valence-electron chi connectivity index (χ2n) is 5.05. The molecule has 0 aliphatic heterocycles. The molecule has 3 nitrogen and oxygen atoms in total. The number of rotatable bonds is 5. The van der Waals surface area contributed by atoms with Crippen LogP contribution in [0.3, 0.4) is 0 Å². The summed E-state index contributed by atoms with van der Waals surface area (Å²) in [4.78, 5) is 4.25. The summed E-state index contributed by atoms with van der Waals surface area (Å²) in [7, 11) is 0. The highest BCUT2D eigenvalue weighted by Gasteiger charge is 2.08. The lowest BCUT2D eigenvalue weighted by Gasteiger charge is -2.04. The highest BCUT2D eigenvalue weighted by Crippen LogP contribution is 2.28. The third-order valence-electron chi connectivity index (χ3n) is 3.31. The molecule has 0 aliphatic carbocycles. The maximum atomic E-state index is 13.2. The highest BCUT2D eigenvalue weighted by molar-refractivity contribution is 5.82. The Balaban J connectivity index is 1.89. The molecule has 0 unspecified atom stereocenters. The first-order chi connectivity index (χ1) is 10.3. The lowest BCUT2D eigenvalue weighted by molar-refractivity contribution is 0.618. The Morgan fingerprint density at radius 2 is 2.10 bits per heavy atom. The van der Waals surface area contributed by atoms with Gasteiger partial charge in [-0.1, -0.05) is 6.92 Å². The fraction of sp³-hybridized carbons (Fsp3) is 0.235. The summed E-state index contributed by atoms with van der Waals surface area (Å²) in [5.74, 6) is 0.450. The average molecular weight is 284 g/mol. The second-order valence-corrected chi connectivity index (χ2v) is 5.05. The van der Waals surface area contributed by atoms with Gasteiger partial charge in [0.25, 0.3) is 0 Å². The zero-order valence-corrected chi connectivity index (χ0v) is 11.9. The molecule has 21 heavy (non-hydrogen) atoms. The van der Waals surface area contributed by atoms with Crippen molar-refractivity contribution < 1.29 is 8.81 Å². The Bertz CT molecular complexity index is 751. The standard InChI is InChI=1S/C17H17FN2O/c1-2-5-19-9-12-6-14(11-20-10-12)17-8-13-7-15(18)3-4-16(13)21-17/h3-4,6-8,10-11,19H,2,5,9H2,1H3. The number of hydrogen-bond acceptors (Lipinski definition) is 3. The molecule has 1 N–H and O–H groups in total. The summed E-state index contributed by atoms with van der Waals surface area (Å²) in [6.07, 6.45) is 4.70. The molecule has 0 spiro atoms. The number of hydrogen-bond donors (Lipinski definition) is 1. The fourth-order valence-corrected chi connectivity index (χ4v) is 2.28. The van der Waals surface area contributed by atoms with Crippen molar-refractivity contribution in [3.63, 3.8) is 0 Å². The monoisotopic (exact) mass is 284 g/mol. The minimum atomic E-state index is -0.259. The summed E-state index contributed by atoms with van der Waals surface area (Å²) in [5.41, 5.74) is 2.69. The van der Waals surface area contributed by atoms with E-state index >= 15 is 0 Å². The molecule has 0 fully saturated rings. The van der Waals surface area contributed by atoms with Gasteiger partial charge >= 0.3 is 0 Å². The minimum absolute atomic E-state index is 0.259. The van der Waals surface area contributed by atoms with Gasteiger partial charge in [0.2, 0.25) is 0 Å². The lowest BCUT2D eigenvalue weighted by Crippen LogP contribution is -2.13. The van der Waals surface area contributed by atoms with E-state index in [9.17, 15) is 4.39 Å². The van der Waals surface area contributed by atoms with Crippen LogP contribution in [0.25, 0.3) is 22.3 Å². The zero-order valence-electron chi connectivity index (χ0n) is 11.9. The van der Waals surface area contributed by atoms with Gasteiger partial charge in [-0.3, -0.25) is 4.98 Å². The van der Waals surface area contributed by atoms with Gasteiger partial charge in [-0.2, -0.15) is 0 Å². The number of halogens is 1. The van der Waals surface area contributed by atoms with Gasteiger partial charge in [-0.05, 0) is 48.9 Å². The van der Waals surface area contributed by atoms with Crippen LogP contribution < -0.4 is 5.32 Å². The number of pyridine rings is 1. The fourth-order valence-electron chi connectivity index (χ4n) is 2.28. The summed E-state index contributed by atoms with van der Waals surface area (Å²) in [6, 6.07) is 8.41. The van der Waals surface area contributed by atoms with Crippen molar-refractivity contribution in [1.82, 2.24) is 10.3 Å². The molecule has 4 heteroatoms. The van der Waals surface area contributed by atoms with E-state index in [1.165, 1.54) is 12.1 Å². The molecule has 3 rings (SSSR count). The van der Waals surface area contributed by atoms with Crippen molar-refractivity contribution in [3.05, 3.63) is 54.1 Å². The highest BCUT2D eigenvalue weighted by atomic mass is 19.1. The second kappa shape index (κ2) is 6.06. The van der Waals surface area contributed by atoms with Crippen LogP contribution in [0.15, 0.2) is 47.1 Å². The summed E-state index contributed by atoms with van der Waals surface area (Å²) >= 11 is 0. The average Bonchev–Trinajstić information content (AvgIpc) is 2.91. The summed E-state index contributed by atoms with van der Waals surface area (Å²) in [6.45, 7) is 3.90. The van der Waals surface area contributed by atoms with Gasteiger partial charge in [-0.15, -0.1) is 0 Å². The van der Waals surface area contributed by atoms with Crippen LogP contribution in [0.2, 0.25) is 0 Å². The topological polar surface area (TPSA) is 38.1 Å². The van der Waals surface area contributed by atoms with Crippen LogP contribution in [-0.2, 0) is 6.54 Å². The van der Waals surface area contributed by atoms with Gasteiger partial charge in [0.15, 0.2) is 0 Å². The van der Waals surface area contributed by atoms with E-state index in [-0.39, 0.29) is 5.82 Å². The largest absolute Gasteiger partial charge is 0.456 e. The van der Waals surface area contributed by atoms with Gasteiger partial charge in [0, 0.05) is 29.9 Å². The molecule has 2 aromatic heterocycles. The maximum Gasteiger partial charge on any atom is 0.136 e. The van der Waals surface area contributed by atoms with Crippen LogP contribution in [0.4, 0.5) is 4.39 Å². The van der Waals surface area contributed by atoms with E-state index in [4.69, 9.17) is 4.42 Å². The van der Waals surface area contributed by atoms with E-state index in [1.807, 2.05) is 18.3 Å². The van der Waals surface area contributed by atoms with Crippen molar-refractivity contribution in [1.29, 1.82) is 0 Å². The zero-order chi connectivity index (χ0) is 14.7. The molecule has 0 saturated heterocycles. The van der Waals surface area contributed by atoms with Crippen molar-refractivity contribution in [2.45, 2.75) is 19.9 Å². The Kier molecular flexibility index (Phi) is 3.97. The third-order valence-corrected chi connectivity index (χ3v) is 3.31. The minimum Gasteiger partial charge on any atom is -0.456 e. The molecule has 0 amide bonds. The Hall–Kier alpha value is -2.20. The molecule has 0 bridgehead atoms. The number of benzene rings is 1. The van der Waals surface area contributed by atoms with Gasteiger partial charge in [0.05, 0.1) is 0 Å². The van der Waals surface area contributed by atoms with Gasteiger partial charge < -0.3 is 9.73 Å². The van der Waals surface area contributed by atoms with E-state index in [2.05, 4.69) is 17.2 Å². The van der Waals surface area contributed by atoms with Crippen LogP contribution in [0, 0.1) is 5.82 Å². The molecule has 3 aromatic rings. The first-order valence-electron chi connectivity index (χ1n) is 7.10. The Labute approximate surface area is 122 Å². The van der Waals surface area contributed by atoms with E-state index in [0.29, 0.717) is 11.3 Å². The van der Waals surface area contributed by atoms with Gasteiger partial charge in [-0.25, -0.2) is 4.39 Å². The molecule has 0 atom stereocenters. The summed E-state index contributed by atoms with van der Waals surface area (Å²) < 4.78 is 19.0. The van der Waals surface area contributed by atoms with Crippen LogP contribution in [-0.4, -0.2) is 11.5 Å². The predicted molar refractivity (Wildman–Crippen MR) is 81.4 cm³/mol. The molecular weight excluding hydrogens is 267 g/mol. The number of fused-ring (bicyclic) bond motifs is 1. The molecular formula is C17H17FN2O. The van der Waals surface area contributed by atoms with Crippen LogP contribution in [0.1, 0.15) is 18.9 Å². The quantitative estimate of drug-likeness (QED) is 0.716. The normalized spacial score (nSPS) is 11.1. The molecule has 108 valence electrons. The molecule has 0 radical (unpaired) electrons. The van der Waals surface area contributed by atoms with E-state index in [1.54, 1.807) is 12.3 Å².